The molecule has 0 radical (unpaired) electrons. The molecule has 0 unspecified atom stereocenters. The minimum Gasteiger partial charge on any atom is -0.480 e. The van der Waals surface area contributed by atoms with Gasteiger partial charge in [-0.15, -0.1) is 0 Å². The zero-order valence-electron chi connectivity index (χ0n) is 30.8. The third-order valence-corrected chi connectivity index (χ3v) is 8.99. The number of rotatable bonds is 24. The molecule has 2 heterocycles. The van der Waals surface area contributed by atoms with E-state index in [-0.39, 0.29) is 38.6 Å². The summed E-state index contributed by atoms with van der Waals surface area (Å²) in [4.78, 5) is 50.5. The second kappa shape index (κ2) is 24.4. The van der Waals surface area contributed by atoms with Gasteiger partial charge in [-0.05, 0) is 24.8 Å². The van der Waals surface area contributed by atoms with Crippen molar-refractivity contribution in [1.82, 2.24) is 15.5 Å². The number of carbonyl (C=O) groups excluding carboxylic acids is 3. The van der Waals surface area contributed by atoms with Gasteiger partial charge in [0.1, 0.15) is 55.4 Å². The maximum atomic E-state index is 13.2. The maximum absolute atomic E-state index is 13.2. The predicted molar refractivity (Wildman–Crippen MR) is 188 cm³/mol. The summed E-state index contributed by atoms with van der Waals surface area (Å²) in [6.07, 6.45) is -14.1. The Morgan fingerprint density at radius 1 is 0.732 bits per heavy atom. The summed E-state index contributed by atoms with van der Waals surface area (Å²) in [7, 11) is 0. The van der Waals surface area contributed by atoms with Crippen molar-refractivity contribution >= 4 is 23.8 Å². The number of hydrogen-bond acceptors (Lipinski definition) is 18. The van der Waals surface area contributed by atoms with Gasteiger partial charge in [-0.25, -0.2) is 0 Å². The highest BCUT2D eigenvalue weighted by Gasteiger charge is 2.45. The number of carboxylic acids is 1. The van der Waals surface area contributed by atoms with Crippen LogP contribution in [0.25, 0.3) is 0 Å². The number of carboxylic acid groups (broad SMARTS) is 1. The number of nitrogens with zero attached hydrogens (tertiary/aromatic N) is 1. The highest BCUT2D eigenvalue weighted by Crippen LogP contribution is 2.24. The van der Waals surface area contributed by atoms with E-state index in [9.17, 15) is 65.1 Å². The second-order valence-electron chi connectivity index (χ2n) is 13.5. The molecule has 0 aliphatic carbocycles. The molecule has 0 aromatic heterocycles. The number of aliphatic hydroxyl groups excluding tert-OH is 8. The number of carbonyl (C=O) groups is 4. The molecule has 3 rings (SSSR count). The minimum absolute atomic E-state index is 0.123. The van der Waals surface area contributed by atoms with Crippen molar-refractivity contribution in [2.24, 2.45) is 0 Å². The number of aliphatic carboxylic acids is 1. The summed E-state index contributed by atoms with van der Waals surface area (Å²) < 4.78 is 27.0. The number of aliphatic hydroxyl groups is 8. The van der Waals surface area contributed by atoms with Gasteiger partial charge in [0.2, 0.25) is 11.8 Å². The summed E-state index contributed by atoms with van der Waals surface area (Å²) in [5.74, 6) is -2.99. The van der Waals surface area contributed by atoms with Crippen LogP contribution in [0.3, 0.4) is 0 Å². The van der Waals surface area contributed by atoms with E-state index < -0.39 is 125 Å². The first-order valence-electron chi connectivity index (χ1n) is 18.3. The van der Waals surface area contributed by atoms with Crippen molar-refractivity contribution < 1.29 is 88.8 Å². The molecule has 1 aromatic carbocycles. The lowest BCUT2D eigenvalue weighted by Gasteiger charge is -2.40. The zero-order valence-corrected chi connectivity index (χ0v) is 30.8. The first kappa shape index (κ1) is 47.0. The first-order valence-corrected chi connectivity index (χ1v) is 18.3. The van der Waals surface area contributed by atoms with Crippen LogP contribution in [-0.4, -0.2) is 195 Å². The molecule has 56 heavy (non-hydrogen) atoms. The quantitative estimate of drug-likeness (QED) is 0.0345. The Morgan fingerprint density at radius 2 is 1.32 bits per heavy atom. The van der Waals surface area contributed by atoms with Gasteiger partial charge >= 0.3 is 11.9 Å². The molecule has 2 aliphatic rings. The van der Waals surface area contributed by atoms with Crippen molar-refractivity contribution in [2.45, 2.75) is 106 Å². The molecule has 0 saturated carbocycles. The molecule has 0 bridgehead atoms. The van der Waals surface area contributed by atoms with E-state index in [1.807, 2.05) is 30.3 Å². The monoisotopic (exact) mass is 805 g/mol. The van der Waals surface area contributed by atoms with E-state index >= 15 is 0 Å². The molecule has 21 nitrogen and oxygen atoms in total. The zero-order chi connectivity index (χ0) is 41.2. The standard InChI is InChI=1S/C35H55N3O18/c39-16-22-28(46)30(48)32(50)34(55-22)52-12-10-21(19-54-35-33(51)31(49)29(47)23(17-40)56-35)37-25(42)14-38(15-26(43)44)13-24(41)36-11-6-2-5-9-27(45)53-18-20-7-3-1-4-8-20/h1,3-4,7-8,21-23,28-35,39-40,46-51H,2,5-6,9-19H2,(H,36,41)(H,37,42)(H,43,44)/t21-,22-,23-,28-,29-,30+,31+,32+,33+,34+,35+/m1/s1. The first-order chi connectivity index (χ1) is 26.7. The van der Waals surface area contributed by atoms with Crippen LogP contribution in [0.4, 0.5) is 0 Å². The Hall–Kier alpha value is -3.42. The molecular formula is C35H55N3O18. The number of hydrogen-bond donors (Lipinski definition) is 11. The fourth-order valence-electron chi connectivity index (χ4n) is 5.85. The summed E-state index contributed by atoms with van der Waals surface area (Å²) in [6, 6.07) is 8.22. The molecule has 0 spiro atoms. The van der Waals surface area contributed by atoms with E-state index in [0.29, 0.717) is 19.3 Å². The number of amides is 2. The van der Waals surface area contributed by atoms with Gasteiger partial charge in [0.25, 0.3) is 0 Å². The van der Waals surface area contributed by atoms with Crippen LogP contribution in [0.15, 0.2) is 30.3 Å². The van der Waals surface area contributed by atoms with Gasteiger partial charge in [0.15, 0.2) is 12.6 Å². The molecule has 11 N–H and O–H groups in total. The van der Waals surface area contributed by atoms with Gasteiger partial charge in [0.05, 0.1) is 52.1 Å². The molecule has 11 atom stereocenters. The van der Waals surface area contributed by atoms with Crippen LogP contribution >= 0.6 is 0 Å². The Kier molecular flexibility index (Phi) is 20.4. The molecule has 2 amide bonds. The Bertz CT molecular complexity index is 1340. The van der Waals surface area contributed by atoms with Gasteiger partial charge in [-0.1, -0.05) is 36.8 Å². The third-order valence-electron chi connectivity index (χ3n) is 8.99. The van der Waals surface area contributed by atoms with Crippen LogP contribution in [0.5, 0.6) is 0 Å². The summed E-state index contributed by atoms with van der Waals surface area (Å²) in [5, 5.41) is 94.5. The molecule has 318 valence electrons. The molecule has 2 saturated heterocycles. The highest BCUT2D eigenvalue weighted by molar-refractivity contribution is 5.82. The number of ether oxygens (including phenoxy) is 5. The van der Waals surface area contributed by atoms with Crippen molar-refractivity contribution in [2.75, 3.05) is 52.6 Å². The topological polar surface area (TPSA) is 324 Å². The summed E-state index contributed by atoms with van der Waals surface area (Å²) in [5.41, 5.74) is 0.873. The van der Waals surface area contributed by atoms with Gasteiger partial charge < -0.3 is 80.3 Å². The normalized spacial score (nSPS) is 28.4. The minimum atomic E-state index is -1.76. The van der Waals surface area contributed by atoms with Crippen molar-refractivity contribution in [3.63, 3.8) is 0 Å². The number of unbranched alkanes of at least 4 members (excludes halogenated alkanes) is 2. The number of esters is 1. The van der Waals surface area contributed by atoms with Crippen molar-refractivity contribution in [3.8, 4) is 0 Å². The third kappa shape index (κ3) is 15.5. The van der Waals surface area contributed by atoms with Crippen LogP contribution in [0, 0.1) is 0 Å². The summed E-state index contributed by atoms with van der Waals surface area (Å²) >= 11 is 0. The maximum Gasteiger partial charge on any atom is 0.317 e. The lowest BCUT2D eigenvalue weighted by Crippen LogP contribution is -2.60. The smallest absolute Gasteiger partial charge is 0.317 e. The lowest BCUT2D eigenvalue weighted by molar-refractivity contribution is -0.304. The van der Waals surface area contributed by atoms with E-state index in [1.54, 1.807) is 0 Å². The van der Waals surface area contributed by atoms with E-state index in [0.717, 1.165) is 10.5 Å². The fraction of sp³-hybridized carbons (Fsp3) is 0.714. The van der Waals surface area contributed by atoms with Crippen LogP contribution in [0.2, 0.25) is 0 Å². The van der Waals surface area contributed by atoms with Gasteiger partial charge in [0, 0.05) is 13.0 Å². The molecule has 2 fully saturated rings. The fourth-order valence-corrected chi connectivity index (χ4v) is 5.85. The molecule has 2 aliphatic heterocycles. The van der Waals surface area contributed by atoms with E-state index in [2.05, 4.69) is 10.6 Å². The SMILES string of the molecule is O=C(O)CN(CC(=O)NCCCCCC(=O)OCc1ccccc1)CC(=O)N[C@H](CCO[C@H]1O[C@H](CO)[C@@H](O)[C@H](O)[C@@H]1O)CO[C@H]1O[C@H](CO)[C@@H](O)[C@H](O)[C@@H]1O. The molecule has 1 aromatic rings. The average Bonchev–Trinajstić information content (AvgIpc) is 3.17. The highest BCUT2D eigenvalue weighted by atomic mass is 16.7. The van der Waals surface area contributed by atoms with Crippen molar-refractivity contribution in [3.05, 3.63) is 35.9 Å². The van der Waals surface area contributed by atoms with Gasteiger partial charge in [-0.2, -0.15) is 0 Å². The molecular weight excluding hydrogens is 750 g/mol. The van der Waals surface area contributed by atoms with Gasteiger partial charge in [-0.3, -0.25) is 24.1 Å². The number of nitrogens with one attached hydrogen (secondary N) is 2. The van der Waals surface area contributed by atoms with Crippen LogP contribution in [0.1, 0.15) is 37.7 Å². The Balaban J connectivity index is 1.51. The second-order valence-corrected chi connectivity index (χ2v) is 13.5. The number of benzene rings is 1. The Morgan fingerprint density at radius 3 is 1.91 bits per heavy atom. The van der Waals surface area contributed by atoms with Crippen LogP contribution < -0.4 is 10.6 Å². The predicted octanol–water partition coefficient (Wildman–Crippen LogP) is -4.70. The van der Waals surface area contributed by atoms with E-state index in [1.165, 1.54) is 0 Å². The summed E-state index contributed by atoms with van der Waals surface area (Å²) in [6.45, 7) is -3.48. The van der Waals surface area contributed by atoms with Crippen LogP contribution in [-0.2, 0) is 49.5 Å². The Labute approximate surface area is 322 Å². The average molecular weight is 806 g/mol. The molecule has 21 heteroatoms. The van der Waals surface area contributed by atoms with E-state index in [4.69, 9.17) is 23.7 Å². The largest absolute Gasteiger partial charge is 0.480 e. The lowest BCUT2D eigenvalue weighted by atomic mass is 9.99. The van der Waals surface area contributed by atoms with Crippen molar-refractivity contribution in [1.29, 1.82) is 0 Å².